The van der Waals surface area contributed by atoms with Crippen molar-refractivity contribution in [2.45, 2.75) is 60.0 Å². The number of carbonyl (C=O) groups is 2. The van der Waals surface area contributed by atoms with Crippen LogP contribution in [0.4, 0.5) is 4.79 Å². The summed E-state index contributed by atoms with van der Waals surface area (Å²) in [6.45, 7) is 11.1. The van der Waals surface area contributed by atoms with Gasteiger partial charge in [0.25, 0.3) is 10.1 Å². The average Bonchev–Trinajstić information content (AvgIpc) is 2.39. The third kappa shape index (κ3) is 14.7. The Morgan fingerprint density at radius 2 is 1.60 bits per heavy atom. The van der Waals surface area contributed by atoms with E-state index in [9.17, 15) is 18.0 Å². The molecule has 0 unspecified atom stereocenters. The maximum absolute atomic E-state index is 11.8. The van der Waals surface area contributed by atoms with E-state index in [4.69, 9.17) is 8.92 Å². The van der Waals surface area contributed by atoms with Crippen molar-refractivity contribution in [2.24, 2.45) is 5.41 Å². The van der Waals surface area contributed by atoms with E-state index in [1.165, 1.54) is 6.92 Å². The Kier molecular flexibility index (Phi) is 9.42. The molecule has 0 bridgehead atoms. The first-order valence-corrected chi connectivity index (χ1v) is 9.89. The van der Waals surface area contributed by atoms with Crippen LogP contribution in [-0.4, -0.2) is 51.5 Å². The van der Waals surface area contributed by atoms with E-state index in [2.05, 4.69) is 10.6 Å². The van der Waals surface area contributed by atoms with Crippen LogP contribution in [-0.2, 0) is 23.8 Å². The Bertz CT molecular complexity index is 537. The van der Waals surface area contributed by atoms with Gasteiger partial charge in [0.2, 0.25) is 5.91 Å². The van der Waals surface area contributed by atoms with Crippen LogP contribution in [0, 0.1) is 5.41 Å². The molecule has 0 atom stereocenters. The topological polar surface area (TPSA) is 111 Å². The predicted octanol–water partition coefficient (Wildman–Crippen LogP) is 1.80. The van der Waals surface area contributed by atoms with E-state index in [1.807, 2.05) is 13.8 Å². The fourth-order valence-electron chi connectivity index (χ4n) is 1.71. The van der Waals surface area contributed by atoms with Gasteiger partial charge in [-0.2, -0.15) is 8.42 Å². The summed E-state index contributed by atoms with van der Waals surface area (Å²) < 4.78 is 33.9. The predicted molar refractivity (Wildman–Crippen MR) is 95.7 cm³/mol. The number of alkyl carbamates (subject to hydrolysis) is 1. The molecule has 25 heavy (non-hydrogen) atoms. The second-order valence-corrected chi connectivity index (χ2v) is 9.46. The van der Waals surface area contributed by atoms with Crippen LogP contribution in [0.15, 0.2) is 0 Å². The molecule has 9 heteroatoms. The van der Waals surface area contributed by atoms with Gasteiger partial charge in [-0.15, -0.1) is 0 Å². The van der Waals surface area contributed by atoms with Crippen LogP contribution >= 0.6 is 0 Å². The molecule has 0 aliphatic heterocycles. The maximum atomic E-state index is 11.8. The van der Waals surface area contributed by atoms with E-state index in [-0.39, 0.29) is 18.3 Å². The van der Waals surface area contributed by atoms with Crippen molar-refractivity contribution in [3.63, 3.8) is 0 Å². The van der Waals surface area contributed by atoms with E-state index < -0.39 is 27.2 Å². The molecule has 0 aliphatic rings. The van der Waals surface area contributed by atoms with Crippen molar-refractivity contribution in [3.05, 3.63) is 0 Å². The molecule has 0 aromatic carbocycles. The summed E-state index contributed by atoms with van der Waals surface area (Å²) in [6.07, 6.45) is 0.325. The van der Waals surface area contributed by atoms with Crippen molar-refractivity contribution in [2.75, 3.05) is 25.4 Å². The molecule has 2 N–H and O–H groups in total. The molecule has 0 heterocycles. The molecule has 0 fully saturated rings. The third-order valence-electron chi connectivity index (χ3n) is 3.04. The second kappa shape index (κ2) is 9.96. The minimum Gasteiger partial charge on any atom is -0.444 e. The van der Waals surface area contributed by atoms with Gasteiger partial charge in [0, 0.05) is 20.0 Å². The van der Waals surface area contributed by atoms with Gasteiger partial charge in [0.05, 0.1) is 12.4 Å². The largest absolute Gasteiger partial charge is 0.444 e. The van der Waals surface area contributed by atoms with Gasteiger partial charge in [0.15, 0.2) is 0 Å². The second-order valence-electron chi connectivity index (χ2n) is 7.70. The first kappa shape index (κ1) is 23.6. The molecular formula is C16H32N2O6S. The lowest BCUT2D eigenvalue weighted by atomic mass is 9.91. The lowest BCUT2D eigenvalue weighted by Gasteiger charge is -2.25. The number of carbonyl (C=O) groups excluding carboxylic acids is 2. The van der Waals surface area contributed by atoms with Crippen molar-refractivity contribution in [1.29, 1.82) is 0 Å². The molecule has 8 nitrogen and oxygen atoms in total. The summed E-state index contributed by atoms with van der Waals surface area (Å²) in [6, 6.07) is 0. The van der Waals surface area contributed by atoms with Crippen LogP contribution in [0.1, 0.15) is 54.4 Å². The molecule has 0 radical (unpaired) electrons. The summed E-state index contributed by atoms with van der Waals surface area (Å²) in [7, 11) is -3.64. The molecule has 0 saturated carbocycles. The van der Waals surface area contributed by atoms with Gasteiger partial charge in [-0.25, -0.2) is 4.79 Å². The Balaban J connectivity index is 4.13. The number of nitrogens with one attached hydrogen (secondary N) is 2. The number of hydrogen-bond donors (Lipinski definition) is 2. The highest BCUT2D eigenvalue weighted by Gasteiger charge is 2.23. The highest BCUT2D eigenvalue weighted by atomic mass is 32.2. The molecule has 2 amide bonds. The molecule has 0 saturated heterocycles. The van der Waals surface area contributed by atoms with Gasteiger partial charge in [-0.05, 0) is 39.0 Å². The summed E-state index contributed by atoms with van der Waals surface area (Å²) in [5.41, 5.74) is -0.992. The number of ether oxygens (including phenoxy) is 1. The Morgan fingerprint density at radius 1 is 1.00 bits per heavy atom. The molecule has 0 spiro atoms. The van der Waals surface area contributed by atoms with Crippen molar-refractivity contribution >= 4 is 22.1 Å². The Morgan fingerprint density at radius 3 is 2.12 bits per heavy atom. The fraction of sp³-hybridized carbons (Fsp3) is 0.875. The molecule has 0 aromatic rings. The SMILES string of the molecule is CC(=O)NCCCS(=O)(=O)OCC(C)(C)CCNC(=O)OC(C)(C)C. The maximum Gasteiger partial charge on any atom is 0.407 e. The van der Waals surface area contributed by atoms with E-state index >= 15 is 0 Å². The van der Waals surface area contributed by atoms with E-state index in [0.29, 0.717) is 25.9 Å². The number of rotatable bonds is 10. The van der Waals surface area contributed by atoms with Crippen LogP contribution in [0.2, 0.25) is 0 Å². The summed E-state index contributed by atoms with van der Waals surface area (Å²) in [4.78, 5) is 22.3. The molecule has 148 valence electrons. The minimum absolute atomic E-state index is 0.0193. The van der Waals surface area contributed by atoms with Crippen molar-refractivity contribution in [3.8, 4) is 0 Å². The van der Waals surface area contributed by atoms with Crippen molar-refractivity contribution in [1.82, 2.24) is 10.6 Å². The van der Waals surface area contributed by atoms with Crippen LogP contribution in [0.5, 0.6) is 0 Å². The molecule has 0 rings (SSSR count). The lowest BCUT2D eigenvalue weighted by Crippen LogP contribution is -2.35. The average molecular weight is 381 g/mol. The monoisotopic (exact) mass is 380 g/mol. The van der Waals surface area contributed by atoms with Crippen LogP contribution in [0.3, 0.4) is 0 Å². The van der Waals surface area contributed by atoms with Gasteiger partial charge in [0.1, 0.15) is 5.60 Å². The van der Waals surface area contributed by atoms with Crippen LogP contribution in [0.25, 0.3) is 0 Å². The normalized spacial score (nSPS) is 12.6. The molecular weight excluding hydrogens is 348 g/mol. The third-order valence-corrected chi connectivity index (χ3v) is 4.31. The summed E-state index contributed by atoms with van der Waals surface area (Å²) >= 11 is 0. The first-order valence-electron chi connectivity index (χ1n) is 8.31. The van der Waals surface area contributed by atoms with E-state index in [1.54, 1.807) is 20.8 Å². The van der Waals surface area contributed by atoms with Gasteiger partial charge < -0.3 is 15.4 Å². The first-order chi connectivity index (χ1) is 11.2. The zero-order chi connectivity index (χ0) is 19.7. The van der Waals surface area contributed by atoms with Gasteiger partial charge >= 0.3 is 6.09 Å². The summed E-state index contributed by atoms with van der Waals surface area (Å²) in [5.74, 6) is -0.351. The lowest BCUT2D eigenvalue weighted by molar-refractivity contribution is -0.118. The zero-order valence-corrected chi connectivity index (χ0v) is 16.9. The highest BCUT2D eigenvalue weighted by Crippen LogP contribution is 2.21. The minimum atomic E-state index is -3.64. The molecule has 0 aliphatic carbocycles. The zero-order valence-electron chi connectivity index (χ0n) is 16.1. The highest BCUT2D eigenvalue weighted by molar-refractivity contribution is 7.86. The van der Waals surface area contributed by atoms with Crippen LogP contribution < -0.4 is 10.6 Å². The van der Waals surface area contributed by atoms with E-state index in [0.717, 1.165) is 0 Å². The standard InChI is InChI=1S/C16H32N2O6S/c1-13(19)17-9-7-11-25(21,22)23-12-16(5,6)8-10-18-14(20)24-15(2,3)4/h7-12H2,1-6H3,(H,17,19)(H,18,20). The Labute approximate surface area is 151 Å². The Hall–Kier alpha value is -1.35. The van der Waals surface area contributed by atoms with Gasteiger partial charge in [-0.3, -0.25) is 8.98 Å². The quantitative estimate of drug-likeness (QED) is 0.442. The fourth-order valence-corrected chi connectivity index (χ4v) is 2.83. The summed E-state index contributed by atoms with van der Waals surface area (Å²) in [5, 5.41) is 5.17. The smallest absolute Gasteiger partial charge is 0.407 e. The van der Waals surface area contributed by atoms with Gasteiger partial charge in [-0.1, -0.05) is 13.8 Å². The van der Waals surface area contributed by atoms with Crippen molar-refractivity contribution < 1.29 is 26.9 Å². The number of hydrogen-bond acceptors (Lipinski definition) is 6. The number of amides is 2. The molecule has 0 aromatic heterocycles.